The van der Waals surface area contributed by atoms with E-state index in [-0.39, 0.29) is 5.02 Å². The minimum atomic E-state index is -4.76. The maximum absolute atomic E-state index is 12.0. The molecule has 2 nitrogen and oxygen atoms in total. The first kappa shape index (κ1) is 11.5. The Balaban J connectivity index is 2.29. The van der Waals surface area contributed by atoms with Gasteiger partial charge in [-0.1, -0.05) is 11.6 Å². The van der Waals surface area contributed by atoms with Crippen molar-refractivity contribution in [3.05, 3.63) is 28.8 Å². The maximum Gasteiger partial charge on any atom is 0.573 e. The van der Waals surface area contributed by atoms with Gasteiger partial charge in [-0.3, -0.25) is 0 Å². The molecule has 1 aliphatic carbocycles. The summed E-state index contributed by atoms with van der Waals surface area (Å²) in [4.78, 5) is 0. The molecule has 0 saturated heterocycles. The van der Waals surface area contributed by atoms with Gasteiger partial charge in [-0.05, 0) is 36.6 Å². The van der Waals surface area contributed by atoms with Crippen LogP contribution in [0.15, 0.2) is 18.2 Å². The van der Waals surface area contributed by atoms with E-state index in [1.54, 1.807) is 0 Å². The highest BCUT2D eigenvalue weighted by atomic mass is 35.5. The van der Waals surface area contributed by atoms with Gasteiger partial charge in [-0.2, -0.15) is 0 Å². The second-order valence-electron chi connectivity index (χ2n) is 3.75. The molecule has 1 aromatic carbocycles. The topological polar surface area (TPSA) is 29.5 Å². The number of benzene rings is 1. The Kier molecular flexibility index (Phi) is 2.55. The third-order valence-corrected chi connectivity index (χ3v) is 2.58. The molecule has 88 valence electrons. The molecule has 0 atom stereocenters. The monoisotopic (exact) mass is 252 g/mol. The summed E-state index contributed by atoms with van der Waals surface area (Å²) < 4.78 is 39.7. The summed E-state index contributed by atoms with van der Waals surface area (Å²) in [5.41, 5.74) is -0.673. The van der Waals surface area contributed by atoms with Crippen LogP contribution in [0, 0.1) is 0 Å². The van der Waals surface area contributed by atoms with Crippen molar-refractivity contribution >= 4 is 11.6 Å². The molecule has 0 aromatic heterocycles. The van der Waals surface area contributed by atoms with E-state index in [0.717, 1.165) is 12.1 Å². The highest BCUT2D eigenvalue weighted by Crippen LogP contribution is 2.47. The van der Waals surface area contributed by atoms with Crippen molar-refractivity contribution in [1.29, 1.82) is 0 Å². The predicted molar refractivity (Wildman–Crippen MR) is 51.3 cm³/mol. The van der Waals surface area contributed by atoms with E-state index in [1.165, 1.54) is 6.07 Å². The lowest BCUT2D eigenvalue weighted by atomic mass is 10.1. The van der Waals surface area contributed by atoms with E-state index in [2.05, 4.69) is 4.74 Å². The van der Waals surface area contributed by atoms with Crippen LogP contribution in [0.3, 0.4) is 0 Å². The quantitative estimate of drug-likeness (QED) is 0.876. The summed E-state index contributed by atoms with van der Waals surface area (Å²) in [5, 5.41) is 9.86. The molecule has 0 bridgehead atoms. The Hall–Kier alpha value is -0.940. The molecule has 2 rings (SSSR count). The first-order valence-corrected chi connectivity index (χ1v) is 4.95. The number of hydrogen-bond acceptors (Lipinski definition) is 2. The molecular weight excluding hydrogens is 245 g/mol. The lowest BCUT2D eigenvalue weighted by molar-refractivity contribution is -0.274. The van der Waals surface area contributed by atoms with Crippen LogP contribution in [0.1, 0.15) is 18.4 Å². The Bertz CT molecular complexity index is 413. The largest absolute Gasteiger partial charge is 0.573 e. The van der Waals surface area contributed by atoms with E-state index in [1.807, 2.05) is 0 Å². The van der Waals surface area contributed by atoms with E-state index >= 15 is 0 Å². The van der Waals surface area contributed by atoms with Crippen LogP contribution in [0.5, 0.6) is 5.75 Å². The predicted octanol–water partition coefficient (Wildman–Crippen LogP) is 3.22. The van der Waals surface area contributed by atoms with E-state index in [4.69, 9.17) is 11.6 Å². The fourth-order valence-electron chi connectivity index (χ4n) is 1.43. The first-order valence-electron chi connectivity index (χ1n) is 4.58. The number of alkyl halides is 3. The van der Waals surface area contributed by atoms with Gasteiger partial charge in [0.05, 0.1) is 5.60 Å². The molecule has 0 unspecified atom stereocenters. The number of hydrogen-bond donors (Lipinski definition) is 1. The SMILES string of the molecule is OC1(c2cc(Cl)cc(OC(F)(F)F)c2)CC1. The highest BCUT2D eigenvalue weighted by Gasteiger charge is 2.43. The maximum atomic E-state index is 12.0. The van der Waals surface area contributed by atoms with Crippen LogP contribution in [0.2, 0.25) is 5.02 Å². The Morgan fingerprint density at radius 3 is 2.38 bits per heavy atom. The number of rotatable bonds is 2. The Morgan fingerprint density at radius 2 is 1.88 bits per heavy atom. The average Bonchev–Trinajstić information content (AvgIpc) is 2.80. The zero-order chi connectivity index (χ0) is 12.0. The number of halogens is 4. The minimum Gasteiger partial charge on any atom is -0.406 e. The van der Waals surface area contributed by atoms with Crippen molar-refractivity contribution in [3.8, 4) is 5.75 Å². The fraction of sp³-hybridized carbons (Fsp3) is 0.400. The summed E-state index contributed by atoms with van der Waals surface area (Å²) in [6.45, 7) is 0. The molecule has 0 aliphatic heterocycles. The van der Waals surface area contributed by atoms with Gasteiger partial charge in [0.15, 0.2) is 0 Å². The molecule has 1 aliphatic rings. The second-order valence-corrected chi connectivity index (χ2v) is 4.19. The van der Waals surface area contributed by atoms with Crippen molar-refractivity contribution in [2.45, 2.75) is 24.8 Å². The molecule has 1 aromatic rings. The third-order valence-electron chi connectivity index (χ3n) is 2.37. The van der Waals surface area contributed by atoms with Gasteiger partial charge in [0, 0.05) is 5.02 Å². The van der Waals surface area contributed by atoms with Crippen molar-refractivity contribution in [1.82, 2.24) is 0 Å². The normalized spacial score (nSPS) is 18.3. The highest BCUT2D eigenvalue weighted by molar-refractivity contribution is 6.30. The zero-order valence-corrected chi connectivity index (χ0v) is 8.77. The summed E-state index contributed by atoms with van der Waals surface area (Å²) in [6.07, 6.45) is -3.70. The van der Waals surface area contributed by atoms with Gasteiger partial charge in [-0.15, -0.1) is 13.2 Å². The van der Waals surface area contributed by atoms with E-state index in [0.29, 0.717) is 18.4 Å². The molecule has 1 saturated carbocycles. The van der Waals surface area contributed by atoms with Gasteiger partial charge >= 0.3 is 6.36 Å². The van der Waals surface area contributed by atoms with Crippen molar-refractivity contribution in [3.63, 3.8) is 0 Å². The van der Waals surface area contributed by atoms with Gasteiger partial charge < -0.3 is 9.84 Å². The van der Waals surface area contributed by atoms with Gasteiger partial charge in [-0.25, -0.2) is 0 Å². The zero-order valence-electron chi connectivity index (χ0n) is 8.01. The van der Waals surface area contributed by atoms with Crippen molar-refractivity contribution in [2.75, 3.05) is 0 Å². The molecule has 1 fully saturated rings. The fourth-order valence-corrected chi connectivity index (χ4v) is 1.66. The summed E-state index contributed by atoms with van der Waals surface area (Å²) >= 11 is 5.65. The lowest BCUT2D eigenvalue weighted by Crippen LogP contribution is -2.17. The Labute approximate surface area is 94.6 Å². The molecule has 0 spiro atoms. The summed E-state index contributed by atoms with van der Waals surface area (Å²) in [7, 11) is 0. The second kappa shape index (κ2) is 3.53. The molecule has 1 N–H and O–H groups in total. The van der Waals surface area contributed by atoms with Crippen molar-refractivity contribution < 1.29 is 23.0 Å². The molecule has 0 heterocycles. The minimum absolute atomic E-state index is 0.108. The molecule has 0 radical (unpaired) electrons. The van der Waals surface area contributed by atoms with Crippen LogP contribution < -0.4 is 4.74 Å². The summed E-state index contributed by atoms with van der Waals surface area (Å²) in [5.74, 6) is -0.407. The third kappa shape index (κ3) is 2.59. The standard InChI is InChI=1S/C10H8ClF3O2/c11-7-3-6(9(15)1-2-9)4-8(5-7)16-10(12,13)14/h3-5,15H,1-2H2. The van der Waals surface area contributed by atoms with E-state index < -0.39 is 17.7 Å². The van der Waals surface area contributed by atoms with Crippen LogP contribution >= 0.6 is 11.6 Å². The van der Waals surface area contributed by atoms with Crippen LogP contribution in [-0.2, 0) is 5.60 Å². The van der Waals surface area contributed by atoms with Gasteiger partial charge in [0.1, 0.15) is 5.75 Å². The number of aliphatic hydroxyl groups is 1. The lowest BCUT2D eigenvalue weighted by Gasteiger charge is -2.13. The van der Waals surface area contributed by atoms with Gasteiger partial charge in [0.2, 0.25) is 0 Å². The average molecular weight is 253 g/mol. The molecule has 16 heavy (non-hydrogen) atoms. The first-order chi connectivity index (χ1) is 7.28. The van der Waals surface area contributed by atoms with Gasteiger partial charge in [0.25, 0.3) is 0 Å². The van der Waals surface area contributed by atoms with Crippen LogP contribution in [0.4, 0.5) is 13.2 Å². The Morgan fingerprint density at radius 1 is 1.25 bits per heavy atom. The van der Waals surface area contributed by atoms with Crippen LogP contribution in [-0.4, -0.2) is 11.5 Å². The molecule has 0 amide bonds. The number of ether oxygens (including phenoxy) is 1. The van der Waals surface area contributed by atoms with E-state index in [9.17, 15) is 18.3 Å². The van der Waals surface area contributed by atoms with Crippen LogP contribution in [0.25, 0.3) is 0 Å². The smallest absolute Gasteiger partial charge is 0.406 e. The van der Waals surface area contributed by atoms with Crippen molar-refractivity contribution in [2.24, 2.45) is 0 Å². The summed E-state index contributed by atoms with van der Waals surface area (Å²) in [6, 6.07) is 3.66. The molecule has 6 heteroatoms. The molecular formula is C10H8ClF3O2.